The molecule has 5 heteroatoms. The van der Waals surface area contributed by atoms with Gasteiger partial charge in [0, 0.05) is 38.7 Å². The van der Waals surface area contributed by atoms with E-state index in [9.17, 15) is 4.79 Å². The number of nitrogens with zero attached hydrogens (tertiary/aromatic N) is 1. The minimum Gasteiger partial charge on any atom is -0.381 e. The van der Waals surface area contributed by atoms with Crippen molar-refractivity contribution in [1.82, 2.24) is 10.2 Å². The number of amides is 1. The largest absolute Gasteiger partial charge is 0.381 e. The Bertz CT molecular complexity index is 309. The van der Waals surface area contributed by atoms with Gasteiger partial charge in [0.25, 0.3) is 0 Å². The second-order valence-corrected chi connectivity index (χ2v) is 5.46. The normalized spacial score (nSPS) is 35.9. The van der Waals surface area contributed by atoms with E-state index in [1.54, 1.807) is 0 Å². The molecule has 0 aromatic rings. The van der Waals surface area contributed by atoms with Crippen molar-refractivity contribution >= 4 is 18.3 Å². The van der Waals surface area contributed by atoms with Gasteiger partial charge >= 0.3 is 0 Å². The highest BCUT2D eigenvalue weighted by atomic mass is 35.5. The van der Waals surface area contributed by atoms with Crippen molar-refractivity contribution in [2.24, 2.45) is 11.3 Å². The van der Waals surface area contributed by atoms with E-state index in [2.05, 4.69) is 5.32 Å². The van der Waals surface area contributed by atoms with Crippen LogP contribution in [0.3, 0.4) is 0 Å². The smallest absolute Gasteiger partial charge is 0.230 e. The average molecular weight is 261 g/mol. The fourth-order valence-electron chi connectivity index (χ4n) is 3.14. The maximum Gasteiger partial charge on any atom is 0.230 e. The van der Waals surface area contributed by atoms with Gasteiger partial charge in [-0.3, -0.25) is 4.79 Å². The zero-order valence-corrected chi connectivity index (χ0v) is 11.1. The molecule has 4 nitrogen and oxygen atoms in total. The first-order chi connectivity index (χ1) is 7.74. The van der Waals surface area contributed by atoms with E-state index < -0.39 is 0 Å². The lowest BCUT2D eigenvalue weighted by molar-refractivity contribution is -0.149. The average Bonchev–Trinajstić information content (AvgIpc) is 3.06. The molecule has 0 aromatic heterocycles. The molecule has 1 aliphatic carbocycles. The summed E-state index contributed by atoms with van der Waals surface area (Å²) in [4.78, 5) is 14.6. The summed E-state index contributed by atoms with van der Waals surface area (Å²) in [5.41, 5.74) is -0.157. The lowest BCUT2D eigenvalue weighted by Crippen LogP contribution is -2.51. The predicted octanol–water partition coefficient (Wildman–Crippen LogP) is 0.655. The van der Waals surface area contributed by atoms with Crippen LogP contribution < -0.4 is 5.32 Å². The molecule has 0 radical (unpaired) electrons. The molecule has 3 fully saturated rings. The van der Waals surface area contributed by atoms with Crippen molar-refractivity contribution in [2.75, 3.05) is 33.4 Å². The summed E-state index contributed by atoms with van der Waals surface area (Å²) in [5.74, 6) is 0.739. The zero-order valence-electron chi connectivity index (χ0n) is 10.3. The SMILES string of the molecule is CN(C(=O)C12CCOCC1CNC2)C1CC1.Cl. The van der Waals surface area contributed by atoms with Crippen molar-refractivity contribution < 1.29 is 9.53 Å². The van der Waals surface area contributed by atoms with Crippen LogP contribution in [0.2, 0.25) is 0 Å². The Morgan fingerprint density at radius 3 is 2.94 bits per heavy atom. The maximum atomic E-state index is 12.6. The first-order valence-electron chi connectivity index (χ1n) is 6.30. The molecule has 0 bridgehead atoms. The minimum absolute atomic E-state index is 0. The zero-order chi connectivity index (χ0) is 11.2. The number of halogens is 1. The second-order valence-electron chi connectivity index (χ2n) is 5.46. The molecule has 3 rings (SSSR count). The number of carbonyl (C=O) groups excluding carboxylic acids is 1. The minimum atomic E-state index is -0.157. The fraction of sp³-hybridized carbons (Fsp3) is 0.917. The number of nitrogens with one attached hydrogen (secondary N) is 1. The number of fused-ring (bicyclic) bond motifs is 1. The van der Waals surface area contributed by atoms with Crippen LogP contribution in [0, 0.1) is 11.3 Å². The molecule has 2 aliphatic heterocycles. The molecule has 2 unspecified atom stereocenters. The molecule has 2 saturated heterocycles. The number of hydrogen-bond donors (Lipinski definition) is 1. The number of ether oxygens (including phenoxy) is 1. The van der Waals surface area contributed by atoms with Gasteiger partial charge in [-0.25, -0.2) is 0 Å². The Labute approximate surface area is 108 Å². The van der Waals surface area contributed by atoms with Gasteiger partial charge in [-0.1, -0.05) is 0 Å². The maximum absolute atomic E-state index is 12.6. The highest BCUT2D eigenvalue weighted by molar-refractivity contribution is 5.85. The molecule has 3 aliphatic rings. The van der Waals surface area contributed by atoms with E-state index in [-0.39, 0.29) is 17.8 Å². The Morgan fingerprint density at radius 1 is 1.47 bits per heavy atom. The summed E-state index contributed by atoms with van der Waals surface area (Å²) in [6, 6.07) is 0.519. The monoisotopic (exact) mass is 260 g/mol. The van der Waals surface area contributed by atoms with E-state index in [0.29, 0.717) is 17.9 Å². The molecular weight excluding hydrogens is 240 g/mol. The molecular formula is C12H21ClN2O2. The van der Waals surface area contributed by atoms with Crippen LogP contribution in [0.1, 0.15) is 19.3 Å². The van der Waals surface area contributed by atoms with E-state index in [4.69, 9.17) is 4.74 Å². The van der Waals surface area contributed by atoms with E-state index >= 15 is 0 Å². The molecule has 98 valence electrons. The third-order valence-corrected chi connectivity index (χ3v) is 4.47. The Balaban J connectivity index is 0.00000108. The van der Waals surface area contributed by atoms with Crippen LogP contribution >= 0.6 is 12.4 Å². The van der Waals surface area contributed by atoms with Crippen LogP contribution in [-0.2, 0) is 9.53 Å². The van der Waals surface area contributed by atoms with Crippen LogP contribution in [0.5, 0.6) is 0 Å². The van der Waals surface area contributed by atoms with Crippen LogP contribution in [-0.4, -0.2) is 50.2 Å². The van der Waals surface area contributed by atoms with Gasteiger partial charge in [-0.2, -0.15) is 0 Å². The van der Waals surface area contributed by atoms with Gasteiger partial charge in [0.05, 0.1) is 12.0 Å². The number of rotatable bonds is 2. The second kappa shape index (κ2) is 4.75. The van der Waals surface area contributed by atoms with Gasteiger partial charge in [-0.05, 0) is 19.3 Å². The predicted molar refractivity (Wildman–Crippen MR) is 67.3 cm³/mol. The number of hydrogen-bond acceptors (Lipinski definition) is 3. The molecule has 1 N–H and O–H groups in total. The topological polar surface area (TPSA) is 41.6 Å². The summed E-state index contributed by atoms with van der Waals surface area (Å²) in [6.07, 6.45) is 3.26. The Hall–Kier alpha value is -0.320. The van der Waals surface area contributed by atoms with Crippen LogP contribution in [0.15, 0.2) is 0 Å². The Morgan fingerprint density at radius 2 is 2.24 bits per heavy atom. The third-order valence-electron chi connectivity index (χ3n) is 4.47. The van der Waals surface area contributed by atoms with Gasteiger partial charge in [0.2, 0.25) is 5.91 Å². The molecule has 2 atom stereocenters. The summed E-state index contributed by atoms with van der Waals surface area (Å²) in [5, 5.41) is 3.37. The van der Waals surface area contributed by atoms with E-state index in [1.165, 1.54) is 12.8 Å². The van der Waals surface area contributed by atoms with E-state index in [0.717, 1.165) is 32.7 Å². The van der Waals surface area contributed by atoms with Crippen molar-refractivity contribution in [1.29, 1.82) is 0 Å². The third kappa shape index (κ3) is 2.07. The van der Waals surface area contributed by atoms with Crippen molar-refractivity contribution in [2.45, 2.75) is 25.3 Å². The summed E-state index contributed by atoms with van der Waals surface area (Å²) in [7, 11) is 1.97. The van der Waals surface area contributed by atoms with Crippen molar-refractivity contribution in [3.8, 4) is 0 Å². The summed E-state index contributed by atoms with van der Waals surface area (Å²) < 4.78 is 5.50. The number of carbonyl (C=O) groups is 1. The quantitative estimate of drug-likeness (QED) is 0.793. The first kappa shape index (κ1) is 13.1. The standard InChI is InChI=1S/C12H20N2O2.ClH/c1-14(10-2-3-10)11(15)12-4-5-16-7-9(12)6-13-8-12;/h9-10,13H,2-8H2,1H3;1H. The van der Waals surface area contributed by atoms with Gasteiger partial charge in [-0.15, -0.1) is 12.4 Å². The first-order valence-corrected chi connectivity index (χ1v) is 6.30. The van der Waals surface area contributed by atoms with Crippen LogP contribution in [0.4, 0.5) is 0 Å². The molecule has 1 amide bonds. The molecule has 0 spiro atoms. The van der Waals surface area contributed by atoms with Crippen molar-refractivity contribution in [3.63, 3.8) is 0 Å². The summed E-state index contributed by atoms with van der Waals surface area (Å²) >= 11 is 0. The van der Waals surface area contributed by atoms with Gasteiger partial charge in [0.1, 0.15) is 0 Å². The van der Waals surface area contributed by atoms with Crippen molar-refractivity contribution in [3.05, 3.63) is 0 Å². The molecule has 17 heavy (non-hydrogen) atoms. The highest BCUT2D eigenvalue weighted by Crippen LogP contribution is 2.41. The van der Waals surface area contributed by atoms with Gasteiger partial charge in [0.15, 0.2) is 0 Å². The molecule has 1 saturated carbocycles. The fourth-order valence-corrected chi connectivity index (χ4v) is 3.14. The Kier molecular flexibility index (Phi) is 3.66. The lowest BCUT2D eigenvalue weighted by atomic mass is 9.73. The van der Waals surface area contributed by atoms with Crippen LogP contribution in [0.25, 0.3) is 0 Å². The van der Waals surface area contributed by atoms with Gasteiger partial charge < -0.3 is 15.0 Å². The lowest BCUT2D eigenvalue weighted by Gasteiger charge is -2.39. The molecule has 0 aromatic carbocycles. The summed E-state index contributed by atoms with van der Waals surface area (Å²) in [6.45, 7) is 3.26. The van der Waals surface area contributed by atoms with E-state index in [1.807, 2.05) is 11.9 Å². The molecule has 2 heterocycles. The highest BCUT2D eigenvalue weighted by Gasteiger charge is 2.53.